The minimum absolute atomic E-state index is 0.189. The van der Waals surface area contributed by atoms with Gasteiger partial charge in [0.2, 0.25) is 0 Å². The van der Waals surface area contributed by atoms with Gasteiger partial charge in [0.15, 0.2) is 0 Å². The summed E-state index contributed by atoms with van der Waals surface area (Å²) in [4.78, 5) is 10.6. The van der Waals surface area contributed by atoms with Crippen molar-refractivity contribution in [3.63, 3.8) is 0 Å². The average Bonchev–Trinajstić information content (AvgIpc) is 2.07. The van der Waals surface area contributed by atoms with Gasteiger partial charge in [-0.1, -0.05) is 6.92 Å². The van der Waals surface area contributed by atoms with E-state index in [0.717, 1.165) is 0 Å². The van der Waals surface area contributed by atoms with Crippen LogP contribution in [0, 0.1) is 11.8 Å². The molecule has 5 nitrogen and oxygen atoms in total. The van der Waals surface area contributed by atoms with Gasteiger partial charge in [0.05, 0.1) is 18.1 Å². The summed E-state index contributed by atoms with van der Waals surface area (Å²) < 4.78 is 0. The van der Waals surface area contributed by atoms with E-state index < -0.39 is 30.2 Å². The Labute approximate surface area is 75.6 Å². The van der Waals surface area contributed by atoms with E-state index in [1.165, 1.54) is 0 Å². The smallest absolute Gasteiger partial charge is 0.309 e. The highest BCUT2D eigenvalue weighted by atomic mass is 16.4. The summed E-state index contributed by atoms with van der Waals surface area (Å²) in [6.45, 7) is 1.65. The summed E-state index contributed by atoms with van der Waals surface area (Å²) in [5, 5.41) is 36.6. The van der Waals surface area contributed by atoms with Crippen molar-refractivity contribution in [2.75, 3.05) is 0 Å². The molecule has 76 valence electrons. The number of hydrogen-bond donors (Lipinski definition) is 4. The summed E-state index contributed by atoms with van der Waals surface area (Å²) in [5.41, 5.74) is 0. The lowest BCUT2D eigenvalue weighted by Crippen LogP contribution is -2.52. The average molecular weight is 190 g/mol. The van der Waals surface area contributed by atoms with Crippen molar-refractivity contribution < 1.29 is 25.2 Å². The molecule has 13 heavy (non-hydrogen) atoms. The second-order valence-corrected chi connectivity index (χ2v) is 3.63. The van der Waals surface area contributed by atoms with E-state index in [1.54, 1.807) is 6.92 Å². The fourth-order valence-electron chi connectivity index (χ4n) is 1.70. The molecule has 0 aromatic rings. The molecular weight excluding hydrogens is 176 g/mol. The van der Waals surface area contributed by atoms with E-state index in [0.29, 0.717) is 0 Å². The monoisotopic (exact) mass is 190 g/mol. The maximum Gasteiger partial charge on any atom is 0.309 e. The molecule has 0 aromatic heterocycles. The molecule has 5 heteroatoms. The molecule has 0 heterocycles. The van der Waals surface area contributed by atoms with Gasteiger partial charge < -0.3 is 20.4 Å². The normalized spacial score (nSPS) is 46.0. The number of aliphatic hydroxyl groups excluding tert-OH is 3. The lowest BCUT2D eigenvalue weighted by atomic mass is 9.76. The van der Waals surface area contributed by atoms with Crippen LogP contribution in [0.4, 0.5) is 0 Å². The van der Waals surface area contributed by atoms with Crippen molar-refractivity contribution in [1.29, 1.82) is 0 Å². The molecule has 0 radical (unpaired) electrons. The highest BCUT2D eigenvalue weighted by molar-refractivity contribution is 5.71. The standard InChI is InChI=1S/C8H14O5/c1-3-2-4(8(12)13)6(10)7(11)5(3)9/h3-7,9-11H,2H2,1H3,(H,12,13)/t3-,4+,5+,6-,7-/m1/s1. The molecule has 1 aliphatic carbocycles. The van der Waals surface area contributed by atoms with Gasteiger partial charge in [-0.05, 0) is 12.3 Å². The molecule has 5 atom stereocenters. The maximum absolute atomic E-state index is 10.6. The molecule has 1 aliphatic rings. The molecule has 0 saturated heterocycles. The van der Waals surface area contributed by atoms with Crippen molar-refractivity contribution in [2.45, 2.75) is 31.7 Å². The van der Waals surface area contributed by atoms with E-state index in [9.17, 15) is 20.1 Å². The first-order valence-corrected chi connectivity index (χ1v) is 4.22. The molecule has 0 amide bonds. The van der Waals surface area contributed by atoms with E-state index in [2.05, 4.69) is 0 Å². The van der Waals surface area contributed by atoms with Gasteiger partial charge in [-0.3, -0.25) is 4.79 Å². The van der Waals surface area contributed by atoms with Crippen LogP contribution >= 0.6 is 0 Å². The molecule has 4 N–H and O–H groups in total. The number of rotatable bonds is 1. The Morgan fingerprint density at radius 3 is 2.15 bits per heavy atom. The summed E-state index contributed by atoms with van der Waals surface area (Å²) >= 11 is 0. The Morgan fingerprint density at radius 1 is 1.15 bits per heavy atom. The van der Waals surface area contributed by atoms with E-state index in [1.807, 2.05) is 0 Å². The molecule has 0 unspecified atom stereocenters. The first-order valence-electron chi connectivity index (χ1n) is 4.22. The number of aliphatic carboxylic acids is 1. The third kappa shape index (κ3) is 1.82. The Bertz CT molecular complexity index is 205. The fraction of sp³-hybridized carbons (Fsp3) is 0.875. The zero-order chi connectivity index (χ0) is 10.2. The SMILES string of the molecule is C[C@@H]1C[C@H](C(=O)O)[C@@H](O)[C@H](O)[C@H]1O. The molecule has 0 bridgehead atoms. The fourth-order valence-corrected chi connectivity index (χ4v) is 1.70. The van der Waals surface area contributed by atoms with Gasteiger partial charge in [-0.25, -0.2) is 0 Å². The van der Waals surface area contributed by atoms with E-state index >= 15 is 0 Å². The number of carboxylic acids is 1. The zero-order valence-corrected chi connectivity index (χ0v) is 7.29. The molecular formula is C8H14O5. The van der Waals surface area contributed by atoms with Crippen molar-refractivity contribution >= 4 is 5.97 Å². The molecule has 0 spiro atoms. The molecule has 1 saturated carbocycles. The van der Waals surface area contributed by atoms with Gasteiger partial charge >= 0.3 is 5.97 Å². The second-order valence-electron chi connectivity index (χ2n) is 3.63. The minimum Gasteiger partial charge on any atom is -0.481 e. The predicted octanol–water partition coefficient (Wildman–Crippen LogP) is -1.19. The van der Waals surface area contributed by atoms with Crippen molar-refractivity contribution in [1.82, 2.24) is 0 Å². The van der Waals surface area contributed by atoms with Crippen LogP contribution in [0.1, 0.15) is 13.3 Å². The third-order valence-electron chi connectivity index (χ3n) is 2.64. The third-order valence-corrected chi connectivity index (χ3v) is 2.64. The van der Waals surface area contributed by atoms with E-state index in [-0.39, 0.29) is 12.3 Å². The van der Waals surface area contributed by atoms with Crippen LogP contribution in [0.5, 0.6) is 0 Å². The minimum atomic E-state index is -1.37. The van der Waals surface area contributed by atoms with Crippen LogP contribution in [0.15, 0.2) is 0 Å². The van der Waals surface area contributed by atoms with Crippen LogP contribution in [0.25, 0.3) is 0 Å². The largest absolute Gasteiger partial charge is 0.481 e. The lowest BCUT2D eigenvalue weighted by molar-refractivity contribution is -0.167. The van der Waals surface area contributed by atoms with Crippen LogP contribution in [-0.4, -0.2) is 44.7 Å². The molecule has 1 fully saturated rings. The van der Waals surface area contributed by atoms with Crippen LogP contribution in [-0.2, 0) is 4.79 Å². The highest BCUT2D eigenvalue weighted by Gasteiger charge is 2.43. The Kier molecular flexibility index (Phi) is 2.90. The van der Waals surface area contributed by atoms with Gasteiger partial charge in [-0.15, -0.1) is 0 Å². The van der Waals surface area contributed by atoms with E-state index in [4.69, 9.17) is 5.11 Å². The van der Waals surface area contributed by atoms with Crippen LogP contribution in [0.2, 0.25) is 0 Å². The highest BCUT2D eigenvalue weighted by Crippen LogP contribution is 2.29. The summed E-state index contributed by atoms with van der Waals surface area (Å²) in [5.74, 6) is -2.42. The Hall–Kier alpha value is -0.650. The topological polar surface area (TPSA) is 98.0 Å². The van der Waals surface area contributed by atoms with Crippen LogP contribution in [0.3, 0.4) is 0 Å². The number of carbonyl (C=O) groups is 1. The first kappa shape index (κ1) is 10.4. The summed E-state index contributed by atoms with van der Waals surface area (Å²) in [6, 6.07) is 0. The van der Waals surface area contributed by atoms with Crippen molar-refractivity contribution in [3.05, 3.63) is 0 Å². The van der Waals surface area contributed by atoms with Crippen LogP contribution < -0.4 is 0 Å². The van der Waals surface area contributed by atoms with Gasteiger partial charge in [-0.2, -0.15) is 0 Å². The Morgan fingerprint density at radius 2 is 1.69 bits per heavy atom. The Balaban J connectivity index is 2.76. The molecule has 0 aliphatic heterocycles. The number of aliphatic hydroxyl groups is 3. The molecule has 0 aromatic carbocycles. The predicted molar refractivity (Wildman–Crippen MR) is 42.9 cm³/mol. The second kappa shape index (κ2) is 3.61. The number of carboxylic acid groups (broad SMARTS) is 1. The summed E-state index contributed by atoms with van der Waals surface area (Å²) in [7, 11) is 0. The number of hydrogen-bond acceptors (Lipinski definition) is 4. The van der Waals surface area contributed by atoms with Gasteiger partial charge in [0, 0.05) is 0 Å². The lowest BCUT2D eigenvalue weighted by Gasteiger charge is -2.37. The quantitative estimate of drug-likeness (QED) is 0.417. The van der Waals surface area contributed by atoms with Gasteiger partial charge in [0.25, 0.3) is 0 Å². The first-order chi connectivity index (χ1) is 5.95. The molecule has 1 rings (SSSR count). The maximum atomic E-state index is 10.6. The summed E-state index contributed by atoms with van der Waals surface area (Å²) in [6.07, 6.45) is -3.58. The van der Waals surface area contributed by atoms with Gasteiger partial charge in [0.1, 0.15) is 6.10 Å². The van der Waals surface area contributed by atoms with Crippen molar-refractivity contribution in [2.24, 2.45) is 11.8 Å². The zero-order valence-electron chi connectivity index (χ0n) is 7.29. The van der Waals surface area contributed by atoms with Crippen molar-refractivity contribution in [3.8, 4) is 0 Å².